The summed E-state index contributed by atoms with van der Waals surface area (Å²) >= 11 is 5.79. The van der Waals surface area contributed by atoms with Gasteiger partial charge in [-0.2, -0.15) is 0 Å². The van der Waals surface area contributed by atoms with Crippen molar-refractivity contribution in [3.05, 3.63) is 29.3 Å². The number of benzene rings is 1. The zero-order valence-corrected chi connectivity index (χ0v) is 9.91. The van der Waals surface area contributed by atoms with E-state index in [4.69, 9.17) is 21.1 Å². The third kappa shape index (κ3) is 3.70. The molecule has 4 heteroatoms. The van der Waals surface area contributed by atoms with Crippen LogP contribution in [0.15, 0.2) is 24.3 Å². The highest BCUT2D eigenvalue weighted by atomic mass is 35.5. The third-order valence-electron chi connectivity index (χ3n) is 2.11. The smallest absolute Gasteiger partial charge is 0.176 e. The van der Waals surface area contributed by atoms with Crippen LogP contribution in [0.25, 0.3) is 0 Å². The van der Waals surface area contributed by atoms with E-state index in [-0.39, 0.29) is 12.3 Å². The Bertz CT molecular complexity index is 285. The minimum absolute atomic E-state index is 0.0705. The van der Waals surface area contributed by atoms with Gasteiger partial charge in [-0.3, -0.25) is 0 Å². The van der Waals surface area contributed by atoms with Crippen molar-refractivity contribution < 1.29 is 9.47 Å². The lowest BCUT2D eigenvalue weighted by atomic mass is 10.2. The molecule has 1 aromatic carbocycles. The maximum absolute atomic E-state index is 5.79. The molecule has 0 amide bonds. The van der Waals surface area contributed by atoms with Gasteiger partial charge in [-0.25, -0.2) is 0 Å². The number of methoxy groups -OCH3 is 2. The van der Waals surface area contributed by atoms with Gasteiger partial charge in [-0.1, -0.05) is 11.6 Å². The number of hydrogen-bond donors (Lipinski definition) is 1. The minimum atomic E-state index is -0.263. The SMILES string of the molecule is COC(OC)C(C)Nc1ccc(Cl)cc1. The second-order valence-electron chi connectivity index (χ2n) is 3.28. The minimum Gasteiger partial charge on any atom is -0.377 e. The van der Waals surface area contributed by atoms with E-state index in [1.165, 1.54) is 0 Å². The Morgan fingerprint density at radius 2 is 1.67 bits per heavy atom. The molecule has 0 radical (unpaired) electrons. The number of rotatable bonds is 5. The monoisotopic (exact) mass is 229 g/mol. The molecule has 1 N–H and O–H groups in total. The number of anilines is 1. The number of nitrogens with one attached hydrogen (secondary N) is 1. The summed E-state index contributed by atoms with van der Waals surface area (Å²) in [5, 5.41) is 3.99. The molecular weight excluding hydrogens is 214 g/mol. The van der Waals surface area contributed by atoms with Crippen molar-refractivity contribution in [2.75, 3.05) is 19.5 Å². The van der Waals surface area contributed by atoms with Crippen LogP contribution in [0.4, 0.5) is 5.69 Å². The van der Waals surface area contributed by atoms with E-state index < -0.39 is 0 Å². The summed E-state index contributed by atoms with van der Waals surface area (Å²) < 4.78 is 10.3. The molecule has 84 valence electrons. The maximum atomic E-state index is 5.79. The van der Waals surface area contributed by atoms with Crippen molar-refractivity contribution >= 4 is 17.3 Å². The fourth-order valence-corrected chi connectivity index (χ4v) is 1.51. The first-order valence-electron chi connectivity index (χ1n) is 4.75. The Balaban J connectivity index is 2.57. The Morgan fingerprint density at radius 1 is 1.13 bits per heavy atom. The molecular formula is C11H16ClNO2. The van der Waals surface area contributed by atoms with Gasteiger partial charge in [0, 0.05) is 24.9 Å². The zero-order chi connectivity index (χ0) is 11.3. The van der Waals surface area contributed by atoms with Crippen LogP contribution in [0.3, 0.4) is 0 Å². The molecule has 0 spiro atoms. The first kappa shape index (κ1) is 12.3. The number of hydrogen-bond acceptors (Lipinski definition) is 3. The lowest BCUT2D eigenvalue weighted by Gasteiger charge is -2.23. The van der Waals surface area contributed by atoms with Gasteiger partial charge in [0.05, 0.1) is 6.04 Å². The van der Waals surface area contributed by atoms with E-state index in [0.29, 0.717) is 0 Å². The van der Waals surface area contributed by atoms with Gasteiger partial charge in [0.25, 0.3) is 0 Å². The molecule has 15 heavy (non-hydrogen) atoms. The lowest BCUT2D eigenvalue weighted by Crippen LogP contribution is -2.33. The predicted molar refractivity (Wildman–Crippen MR) is 62.3 cm³/mol. The molecule has 0 saturated carbocycles. The van der Waals surface area contributed by atoms with Crippen LogP contribution in [0.5, 0.6) is 0 Å². The Kier molecular flexibility index (Phi) is 4.88. The summed E-state index contributed by atoms with van der Waals surface area (Å²) in [4.78, 5) is 0. The average molecular weight is 230 g/mol. The molecule has 3 nitrogen and oxygen atoms in total. The van der Waals surface area contributed by atoms with Crippen LogP contribution >= 0.6 is 11.6 Å². The van der Waals surface area contributed by atoms with Gasteiger partial charge in [0.15, 0.2) is 6.29 Å². The molecule has 1 unspecified atom stereocenters. The van der Waals surface area contributed by atoms with Crippen molar-refractivity contribution in [1.29, 1.82) is 0 Å². The second-order valence-corrected chi connectivity index (χ2v) is 3.72. The molecule has 1 rings (SSSR count). The van der Waals surface area contributed by atoms with Gasteiger partial charge in [0.2, 0.25) is 0 Å². The zero-order valence-electron chi connectivity index (χ0n) is 9.16. The molecule has 1 atom stereocenters. The van der Waals surface area contributed by atoms with E-state index in [9.17, 15) is 0 Å². The molecule has 1 aromatic rings. The highest BCUT2D eigenvalue weighted by Crippen LogP contribution is 2.15. The van der Waals surface area contributed by atoms with Crippen LogP contribution in [-0.4, -0.2) is 26.6 Å². The van der Waals surface area contributed by atoms with E-state index >= 15 is 0 Å². The van der Waals surface area contributed by atoms with Crippen molar-refractivity contribution in [3.63, 3.8) is 0 Å². The summed E-state index contributed by atoms with van der Waals surface area (Å²) in [6.45, 7) is 1.99. The second kappa shape index (κ2) is 5.95. The maximum Gasteiger partial charge on any atom is 0.176 e. The fourth-order valence-electron chi connectivity index (χ4n) is 1.38. The van der Waals surface area contributed by atoms with Crippen molar-refractivity contribution in [2.45, 2.75) is 19.3 Å². The molecule has 0 heterocycles. The van der Waals surface area contributed by atoms with Crippen LogP contribution in [0.1, 0.15) is 6.92 Å². The summed E-state index contributed by atoms with van der Waals surface area (Å²) in [6, 6.07) is 7.58. The van der Waals surface area contributed by atoms with E-state index in [2.05, 4.69) is 5.32 Å². The fraction of sp³-hybridized carbons (Fsp3) is 0.455. The molecule has 0 bridgehead atoms. The average Bonchev–Trinajstić information content (AvgIpc) is 2.23. The van der Waals surface area contributed by atoms with Gasteiger partial charge >= 0.3 is 0 Å². The normalized spacial score (nSPS) is 12.9. The van der Waals surface area contributed by atoms with Gasteiger partial charge in [0.1, 0.15) is 0 Å². The standard InChI is InChI=1S/C11H16ClNO2/c1-8(11(14-2)15-3)13-10-6-4-9(12)5-7-10/h4-8,11,13H,1-3H3. The Labute approximate surface area is 95.3 Å². The number of halogens is 1. The van der Waals surface area contributed by atoms with E-state index in [1.54, 1.807) is 14.2 Å². The van der Waals surface area contributed by atoms with Crippen molar-refractivity contribution in [2.24, 2.45) is 0 Å². The van der Waals surface area contributed by atoms with E-state index in [0.717, 1.165) is 10.7 Å². The first-order valence-corrected chi connectivity index (χ1v) is 5.13. The van der Waals surface area contributed by atoms with Crippen LogP contribution in [0.2, 0.25) is 5.02 Å². The molecule has 0 saturated heterocycles. The van der Waals surface area contributed by atoms with Crippen molar-refractivity contribution in [3.8, 4) is 0 Å². The quantitative estimate of drug-likeness (QED) is 0.788. The molecule has 0 aromatic heterocycles. The molecule has 0 aliphatic rings. The van der Waals surface area contributed by atoms with Gasteiger partial charge in [-0.15, -0.1) is 0 Å². The highest BCUT2D eigenvalue weighted by Gasteiger charge is 2.14. The summed E-state index contributed by atoms with van der Waals surface area (Å²) in [5.74, 6) is 0. The third-order valence-corrected chi connectivity index (χ3v) is 2.36. The predicted octanol–water partition coefficient (Wildman–Crippen LogP) is 2.76. The molecule has 0 aliphatic carbocycles. The van der Waals surface area contributed by atoms with E-state index in [1.807, 2.05) is 31.2 Å². The van der Waals surface area contributed by atoms with Gasteiger partial charge in [-0.05, 0) is 31.2 Å². The van der Waals surface area contributed by atoms with Crippen LogP contribution < -0.4 is 5.32 Å². The van der Waals surface area contributed by atoms with Crippen LogP contribution in [0, 0.1) is 0 Å². The largest absolute Gasteiger partial charge is 0.377 e. The first-order chi connectivity index (χ1) is 7.17. The Morgan fingerprint density at radius 3 is 2.13 bits per heavy atom. The summed E-state index contributed by atoms with van der Waals surface area (Å²) in [5.41, 5.74) is 0.992. The van der Waals surface area contributed by atoms with Crippen molar-refractivity contribution in [1.82, 2.24) is 0 Å². The topological polar surface area (TPSA) is 30.5 Å². The Hall–Kier alpha value is -0.770. The van der Waals surface area contributed by atoms with Crippen LogP contribution in [-0.2, 0) is 9.47 Å². The lowest BCUT2D eigenvalue weighted by molar-refractivity contribution is -0.109. The highest BCUT2D eigenvalue weighted by molar-refractivity contribution is 6.30. The molecule has 0 fully saturated rings. The van der Waals surface area contributed by atoms with Gasteiger partial charge < -0.3 is 14.8 Å². The summed E-state index contributed by atoms with van der Waals surface area (Å²) in [6.07, 6.45) is -0.263. The molecule has 0 aliphatic heterocycles. The summed E-state index contributed by atoms with van der Waals surface area (Å²) in [7, 11) is 3.24. The number of ether oxygens (including phenoxy) is 2.